The van der Waals surface area contributed by atoms with Crippen LogP contribution in [0.3, 0.4) is 0 Å². The van der Waals surface area contributed by atoms with Gasteiger partial charge in [0.15, 0.2) is 19.7 Å². The van der Waals surface area contributed by atoms with E-state index in [4.69, 9.17) is 14.6 Å². The van der Waals surface area contributed by atoms with Gasteiger partial charge < -0.3 is 24.7 Å². The molecule has 4 atom stereocenters. The number of methoxy groups -OCH3 is 1. The summed E-state index contributed by atoms with van der Waals surface area (Å²) in [6, 6.07) is 8.69. The van der Waals surface area contributed by atoms with Crippen molar-refractivity contribution in [3.05, 3.63) is 64.3 Å². The minimum atomic E-state index is -2.79. The molecule has 1 saturated heterocycles. The number of aliphatic hydroxyl groups excluding tert-OH is 1. The Kier molecular flexibility index (Phi) is 6.76. The maximum atomic E-state index is 13.6. The summed E-state index contributed by atoms with van der Waals surface area (Å²) in [5, 5.41) is 20.3. The van der Waals surface area contributed by atoms with Gasteiger partial charge in [-0.2, -0.15) is 0 Å². The Morgan fingerprint density at radius 1 is 1.26 bits per heavy atom. The van der Waals surface area contributed by atoms with Gasteiger partial charge in [0.05, 0.1) is 18.9 Å². The van der Waals surface area contributed by atoms with Gasteiger partial charge in [0.2, 0.25) is 0 Å². The molecule has 202 valence electrons. The number of aliphatic hydroxyl groups is 1. The highest BCUT2D eigenvalue weighted by Gasteiger charge is 2.64. The molecule has 0 unspecified atom stereocenters. The average molecular weight is 540 g/mol. The zero-order valence-electron chi connectivity index (χ0n) is 21.9. The molecule has 1 aromatic carbocycles. The van der Waals surface area contributed by atoms with Crippen LogP contribution in [0, 0.1) is 5.92 Å². The third-order valence-electron chi connectivity index (χ3n) is 7.73. The quantitative estimate of drug-likeness (QED) is 0.368. The molecule has 38 heavy (non-hydrogen) atoms. The van der Waals surface area contributed by atoms with Crippen LogP contribution < -0.4 is 15.6 Å². The normalized spacial score (nSPS) is 24.6. The second kappa shape index (κ2) is 9.77. The molecule has 1 amide bonds. The SMILES string of the molecule is COc1cccn(-c2ccc3c(c2)[C@]2(O[C@@H](CCn4cc(CCO)nn4)[C@H]([Si](C)(C)O)[C@H]2C)C(=O)N3)c1=O. The number of hydrogen-bond donors (Lipinski definition) is 3. The fraction of sp³-hybridized carbons (Fsp3) is 0.462. The highest BCUT2D eigenvalue weighted by atomic mass is 28.4. The van der Waals surface area contributed by atoms with Crippen molar-refractivity contribution >= 4 is 19.9 Å². The summed E-state index contributed by atoms with van der Waals surface area (Å²) in [5.74, 6) is -0.379. The van der Waals surface area contributed by atoms with Crippen LogP contribution in [0.15, 0.2) is 47.5 Å². The number of hydrogen-bond acceptors (Lipinski definition) is 8. The van der Waals surface area contributed by atoms with Crippen molar-refractivity contribution in [2.45, 2.75) is 56.7 Å². The summed E-state index contributed by atoms with van der Waals surface area (Å²) in [6.07, 6.45) is 3.99. The number of anilines is 1. The fourth-order valence-electron chi connectivity index (χ4n) is 6.07. The summed E-state index contributed by atoms with van der Waals surface area (Å²) in [5.41, 5.74) is 0.710. The molecule has 11 nitrogen and oxygen atoms in total. The molecule has 3 N–H and O–H groups in total. The number of aryl methyl sites for hydroxylation is 1. The second-order valence-electron chi connectivity index (χ2n) is 10.5. The number of pyridine rings is 1. The first-order chi connectivity index (χ1) is 18.1. The van der Waals surface area contributed by atoms with Crippen LogP contribution in [0.5, 0.6) is 5.75 Å². The van der Waals surface area contributed by atoms with Gasteiger partial charge in [0.25, 0.3) is 11.5 Å². The van der Waals surface area contributed by atoms with Gasteiger partial charge in [0.1, 0.15) is 0 Å². The molecule has 1 fully saturated rings. The molecule has 2 aliphatic rings. The summed E-state index contributed by atoms with van der Waals surface area (Å²) >= 11 is 0. The van der Waals surface area contributed by atoms with Crippen molar-refractivity contribution in [3.8, 4) is 11.4 Å². The maximum Gasteiger partial charge on any atom is 0.297 e. The van der Waals surface area contributed by atoms with E-state index in [1.165, 1.54) is 11.7 Å². The Morgan fingerprint density at radius 3 is 2.76 bits per heavy atom. The Labute approximate surface area is 221 Å². The molecule has 3 aromatic rings. The molecule has 5 rings (SSSR count). The lowest BCUT2D eigenvalue weighted by Crippen LogP contribution is -2.43. The second-order valence-corrected chi connectivity index (χ2v) is 14.5. The number of nitrogens with zero attached hydrogens (tertiary/aromatic N) is 4. The standard InChI is InChI=1S/C26H33N5O6Si/c1-16-23(38(3,4)35)21(9-12-30-15-17(10-13-32)28-29-30)37-26(16)19-14-18(7-8-20(19)27-25(26)34)31-11-5-6-22(36-2)24(31)33/h5-8,11,14-16,21,23,32,35H,9-10,12-13H2,1-4H3,(H,27,34)/t16-,21+,23-,26+/m1/s1. The Balaban J connectivity index is 1.52. The molecule has 2 aromatic heterocycles. The van der Waals surface area contributed by atoms with Crippen LogP contribution in [0.1, 0.15) is 24.6 Å². The van der Waals surface area contributed by atoms with Crippen molar-refractivity contribution in [1.29, 1.82) is 0 Å². The number of rotatable bonds is 8. The van der Waals surface area contributed by atoms with Gasteiger partial charge >= 0.3 is 0 Å². The number of nitrogens with one attached hydrogen (secondary N) is 1. The predicted molar refractivity (Wildman–Crippen MR) is 142 cm³/mol. The van der Waals surface area contributed by atoms with E-state index in [0.717, 1.165) is 0 Å². The molecule has 12 heteroatoms. The number of ether oxygens (including phenoxy) is 2. The smallest absolute Gasteiger partial charge is 0.297 e. The molecule has 4 heterocycles. The van der Waals surface area contributed by atoms with Gasteiger partial charge in [-0.15, -0.1) is 5.10 Å². The number of aromatic nitrogens is 4. The van der Waals surface area contributed by atoms with Crippen LogP contribution in [-0.2, 0) is 28.1 Å². The minimum absolute atomic E-state index is 0.00473. The number of benzene rings is 1. The van der Waals surface area contributed by atoms with Crippen molar-refractivity contribution in [2.75, 3.05) is 19.0 Å². The van der Waals surface area contributed by atoms with Gasteiger partial charge in [0, 0.05) is 60.4 Å². The Bertz CT molecular complexity index is 1420. The van der Waals surface area contributed by atoms with Crippen LogP contribution in [-0.4, -0.2) is 63.5 Å². The van der Waals surface area contributed by atoms with Crippen LogP contribution in [0.2, 0.25) is 18.6 Å². The van der Waals surface area contributed by atoms with Gasteiger partial charge in [-0.25, -0.2) is 0 Å². The van der Waals surface area contributed by atoms with Crippen molar-refractivity contribution < 1.29 is 24.2 Å². The Morgan fingerprint density at radius 2 is 2.05 bits per heavy atom. The van der Waals surface area contributed by atoms with E-state index in [2.05, 4.69) is 15.6 Å². The monoisotopic (exact) mass is 539 g/mol. The number of carbonyl (C=O) groups is 1. The van der Waals surface area contributed by atoms with Crippen LogP contribution >= 0.6 is 0 Å². The number of fused-ring (bicyclic) bond motifs is 2. The third-order valence-corrected chi connectivity index (χ3v) is 10.2. The summed E-state index contributed by atoms with van der Waals surface area (Å²) in [7, 11) is -1.35. The molecule has 1 spiro atoms. The zero-order chi connectivity index (χ0) is 27.2. The number of carbonyl (C=O) groups excluding carboxylic acids is 1. The topological polar surface area (TPSA) is 141 Å². The molecule has 0 bridgehead atoms. The lowest BCUT2D eigenvalue weighted by Gasteiger charge is -2.32. The van der Waals surface area contributed by atoms with E-state index in [1.54, 1.807) is 41.3 Å². The fourth-order valence-corrected chi connectivity index (χ4v) is 8.68. The third kappa shape index (κ3) is 4.27. The van der Waals surface area contributed by atoms with E-state index in [0.29, 0.717) is 42.0 Å². The average Bonchev–Trinajstić information content (AvgIpc) is 3.53. The van der Waals surface area contributed by atoms with Crippen LogP contribution in [0.4, 0.5) is 5.69 Å². The van der Waals surface area contributed by atoms with Crippen molar-refractivity contribution in [2.24, 2.45) is 5.92 Å². The molecule has 0 aliphatic carbocycles. The maximum absolute atomic E-state index is 13.6. The highest BCUT2D eigenvalue weighted by molar-refractivity contribution is 6.71. The summed E-state index contributed by atoms with van der Waals surface area (Å²) < 4.78 is 15.1. The minimum Gasteiger partial charge on any atom is -0.491 e. The first kappa shape index (κ1) is 26.3. The lowest BCUT2D eigenvalue weighted by molar-refractivity contribution is -0.143. The van der Waals surface area contributed by atoms with E-state index in [9.17, 15) is 14.4 Å². The summed E-state index contributed by atoms with van der Waals surface area (Å²) in [4.78, 5) is 37.9. The summed E-state index contributed by atoms with van der Waals surface area (Å²) in [6.45, 7) is 6.19. The van der Waals surface area contributed by atoms with Gasteiger partial charge in [-0.1, -0.05) is 12.1 Å². The molecule has 0 saturated carbocycles. The number of amides is 1. The highest BCUT2D eigenvalue weighted by Crippen LogP contribution is 2.58. The van der Waals surface area contributed by atoms with Gasteiger partial charge in [-0.3, -0.25) is 18.8 Å². The van der Waals surface area contributed by atoms with E-state index in [-0.39, 0.29) is 35.3 Å². The Hall–Kier alpha value is -3.32. The predicted octanol–water partition coefficient (Wildman–Crippen LogP) is 1.81. The molecular weight excluding hydrogens is 506 g/mol. The zero-order valence-corrected chi connectivity index (χ0v) is 22.9. The first-order valence-corrected chi connectivity index (χ1v) is 15.7. The molecule has 0 radical (unpaired) electrons. The lowest BCUT2D eigenvalue weighted by atomic mass is 9.82. The first-order valence-electron chi connectivity index (χ1n) is 12.7. The van der Waals surface area contributed by atoms with Crippen molar-refractivity contribution in [1.82, 2.24) is 19.6 Å². The molecular formula is C26H33N5O6Si. The van der Waals surface area contributed by atoms with E-state index in [1.807, 2.05) is 26.1 Å². The molecule has 2 aliphatic heterocycles. The van der Waals surface area contributed by atoms with Crippen molar-refractivity contribution in [3.63, 3.8) is 0 Å². The van der Waals surface area contributed by atoms with E-state index >= 15 is 0 Å². The van der Waals surface area contributed by atoms with Gasteiger partial charge in [-0.05, 0) is 49.8 Å². The van der Waals surface area contributed by atoms with E-state index < -0.39 is 20.0 Å². The van der Waals surface area contributed by atoms with Crippen LogP contribution in [0.25, 0.3) is 5.69 Å². The largest absolute Gasteiger partial charge is 0.491 e.